The first-order chi connectivity index (χ1) is 8.53. The molecular weight excluding hydrogens is 232 g/mol. The fourth-order valence-corrected chi connectivity index (χ4v) is 2.07. The van der Waals surface area contributed by atoms with Crippen molar-refractivity contribution in [2.75, 3.05) is 33.3 Å². The summed E-state index contributed by atoms with van der Waals surface area (Å²) in [6, 6.07) is 0. The molecule has 1 fully saturated rings. The van der Waals surface area contributed by atoms with Gasteiger partial charge in [-0.2, -0.15) is 4.98 Å². The molecule has 1 saturated heterocycles. The fourth-order valence-electron chi connectivity index (χ4n) is 2.07. The van der Waals surface area contributed by atoms with Crippen LogP contribution in [0.4, 0.5) is 0 Å². The first-order valence-corrected chi connectivity index (χ1v) is 6.42. The van der Waals surface area contributed by atoms with E-state index in [1.54, 1.807) is 0 Å². The first kappa shape index (κ1) is 13.5. The minimum atomic E-state index is -0.305. The van der Waals surface area contributed by atoms with E-state index in [4.69, 9.17) is 9.26 Å². The maximum Gasteiger partial charge on any atom is 0.246 e. The third-order valence-corrected chi connectivity index (χ3v) is 3.15. The fraction of sp³-hybridized carbons (Fsp3) is 0.833. The number of nitrogens with one attached hydrogen (secondary N) is 1. The summed E-state index contributed by atoms with van der Waals surface area (Å²) in [6.07, 6.45) is -0.0846. The van der Waals surface area contributed by atoms with Crippen LogP contribution in [-0.2, 0) is 10.3 Å². The van der Waals surface area contributed by atoms with Crippen molar-refractivity contribution < 1.29 is 9.26 Å². The maximum atomic E-state index is 5.67. The molecule has 1 atom stereocenters. The molecule has 2 heterocycles. The quantitative estimate of drug-likeness (QED) is 0.862. The molecule has 2 rings (SSSR count). The topological polar surface area (TPSA) is 63.4 Å². The maximum absolute atomic E-state index is 5.67. The van der Waals surface area contributed by atoms with Gasteiger partial charge in [-0.1, -0.05) is 12.1 Å². The average Bonchev–Trinajstić information content (AvgIpc) is 2.78. The molecule has 1 aliphatic rings. The van der Waals surface area contributed by atoms with Crippen molar-refractivity contribution in [3.8, 4) is 0 Å². The summed E-state index contributed by atoms with van der Waals surface area (Å²) in [5.41, 5.74) is -0.305. The Hall–Kier alpha value is -0.980. The van der Waals surface area contributed by atoms with Gasteiger partial charge in [0.05, 0.1) is 12.1 Å². The van der Waals surface area contributed by atoms with Gasteiger partial charge in [-0.25, -0.2) is 0 Å². The summed E-state index contributed by atoms with van der Waals surface area (Å²) >= 11 is 0. The normalized spacial score (nSPS) is 22.3. The van der Waals surface area contributed by atoms with Gasteiger partial charge in [0, 0.05) is 13.1 Å². The molecule has 0 amide bonds. The average molecular weight is 254 g/mol. The second-order valence-electron chi connectivity index (χ2n) is 5.23. The third-order valence-electron chi connectivity index (χ3n) is 3.15. The van der Waals surface area contributed by atoms with Gasteiger partial charge in [0.2, 0.25) is 11.7 Å². The molecule has 1 unspecified atom stereocenters. The van der Waals surface area contributed by atoms with Crippen LogP contribution in [0.25, 0.3) is 0 Å². The SMILES string of the molecule is CCNC(C)(C)c1nc(C2CN(C)CCO2)no1. The summed E-state index contributed by atoms with van der Waals surface area (Å²) in [4.78, 5) is 6.67. The summed E-state index contributed by atoms with van der Waals surface area (Å²) in [6.45, 7) is 9.43. The molecule has 1 N–H and O–H groups in total. The van der Waals surface area contributed by atoms with E-state index in [9.17, 15) is 0 Å². The van der Waals surface area contributed by atoms with Crippen LogP contribution in [0, 0.1) is 0 Å². The lowest BCUT2D eigenvalue weighted by Crippen LogP contribution is -2.37. The second kappa shape index (κ2) is 5.34. The minimum absolute atomic E-state index is 0.0846. The van der Waals surface area contributed by atoms with Crippen LogP contribution in [0.1, 0.15) is 38.6 Å². The number of nitrogens with zero attached hydrogens (tertiary/aromatic N) is 3. The zero-order chi connectivity index (χ0) is 13.2. The van der Waals surface area contributed by atoms with Crippen LogP contribution in [0.3, 0.4) is 0 Å². The Morgan fingerprint density at radius 1 is 1.50 bits per heavy atom. The third kappa shape index (κ3) is 2.88. The Kier molecular flexibility index (Phi) is 3.99. The molecule has 102 valence electrons. The number of morpholine rings is 1. The Bertz CT molecular complexity index is 391. The van der Waals surface area contributed by atoms with Crippen molar-refractivity contribution in [1.82, 2.24) is 20.4 Å². The van der Waals surface area contributed by atoms with Crippen LogP contribution in [0.15, 0.2) is 4.52 Å². The Labute approximate surface area is 108 Å². The molecule has 0 saturated carbocycles. The van der Waals surface area contributed by atoms with Crippen LogP contribution in [0.5, 0.6) is 0 Å². The van der Waals surface area contributed by atoms with Gasteiger partial charge in [0.25, 0.3) is 0 Å². The Morgan fingerprint density at radius 3 is 2.94 bits per heavy atom. The van der Waals surface area contributed by atoms with Gasteiger partial charge in [-0.15, -0.1) is 0 Å². The molecule has 1 aliphatic heterocycles. The van der Waals surface area contributed by atoms with Crippen LogP contribution < -0.4 is 5.32 Å². The Morgan fingerprint density at radius 2 is 2.28 bits per heavy atom. The van der Waals surface area contributed by atoms with Gasteiger partial charge in [-0.05, 0) is 27.4 Å². The van der Waals surface area contributed by atoms with Crippen molar-refractivity contribution in [3.63, 3.8) is 0 Å². The van der Waals surface area contributed by atoms with Gasteiger partial charge >= 0.3 is 0 Å². The molecule has 1 aromatic heterocycles. The van der Waals surface area contributed by atoms with E-state index >= 15 is 0 Å². The second-order valence-corrected chi connectivity index (χ2v) is 5.23. The zero-order valence-corrected chi connectivity index (χ0v) is 11.6. The number of rotatable bonds is 4. The van der Waals surface area contributed by atoms with Gasteiger partial charge in [-0.3, -0.25) is 0 Å². The molecule has 0 bridgehead atoms. The predicted octanol–water partition coefficient (Wildman–Crippen LogP) is 0.917. The molecule has 6 heteroatoms. The lowest BCUT2D eigenvalue weighted by molar-refractivity contribution is -0.0264. The standard InChI is InChI=1S/C12H22N4O2/c1-5-13-12(2,3)11-14-10(15-18-11)9-8-16(4)6-7-17-9/h9,13H,5-8H2,1-4H3. The molecule has 1 aromatic rings. The van der Waals surface area contributed by atoms with Crippen molar-refractivity contribution in [1.29, 1.82) is 0 Å². The van der Waals surface area contributed by atoms with Gasteiger partial charge in [0.15, 0.2) is 0 Å². The number of likely N-dealkylation sites (N-methyl/N-ethyl adjacent to an activating group) is 1. The summed E-state index contributed by atoms with van der Waals surface area (Å²) in [5.74, 6) is 1.25. The molecule has 0 aromatic carbocycles. The lowest BCUT2D eigenvalue weighted by Gasteiger charge is -2.27. The van der Waals surface area contributed by atoms with E-state index in [1.807, 2.05) is 13.8 Å². The van der Waals surface area contributed by atoms with E-state index in [0.29, 0.717) is 18.3 Å². The summed E-state index contributed by atoms with van der Waals surface area (Å²) in [7, 11) is 2.07. The lowest BCUT2D eigenvalue weighted by atomic mass is 10.1. The highest BCUT2D eigenvalue weighted by Crippen LogP contribution is 2.23. The monoisotopic (exact) mass is 254 g/mol. The number of ether oxygens (including phenoxy) is 1. The van der Waals surface area contributed by atoms with E-state index in [2.05, 4.69) is 34.3 Å². The van der Waals surface area contributed by atoms with E-state index in [-0.39, 0.29) is 11.6 Å². The number of hydrogen-bond acceptors (Lipinski definition) is 6. The molecule has 0 spiro atoms. The number of hydrogen-bond donors (Lipinski definition) is 1. The van der Waals surface area contributed by atoms with E-state index < -0.39 is 0 Å². The van der Waals surface area contributed by atoms with E-state index in [0.717, 1.165) is 19.6 Å². The highest BCUT2D eigenvalue weighted by atomic mass is 16.5. The highest BCUT2D eigenvalue weighted by molar-refractivity contribution is 5.01. The predicted molar refractivity (Wildman–Crippen MR) is 67.2 cm³/mol. The van der Waals surface area contributed by atoms with Crippen LogP contribution in [-0.4, -0.2) is 48.3 Å². The molecule has 0 aliphatic carbocycles. The van der Waals surface area contributed by atoms with Crippen LogP contribution >= 0.6 is 0 Å². The molecule has 0 radical (unpaired) electrons. The minimum Gasteiger partial charge on any atom is -0.367 e. The van der Waals surface area contributed by atoms with Crippen molar-refractivity contribution in [2.45, 2.75) is 32.4 Å². The molecule has 6 nitrogen and oxygen atoms in total. The van der Waals surface area contributed by atoms with Crippen molar-refractivity contribution in [2.24, 2.45) is 0 Å². The van der Waals surface area contributed by atoms with Crippen LogP contribution in [0.2, 0.25) is 0 Å². The first-order valence-electron chi connectivity index (χ1n) is 6.42. The molecule has 18 heavy (non-hydrogen) atoms. The van der Waals surface area contributed by atoms with Gasteiger partial charge < -0.3 is 19.5 Å². The molecular formula is C12H22N4O2. The highest BCUT2D eigenvalue weighted by Gasteiger charge is 2.30. The largest absolute Gasteiger partial charge is 0.367 e. The smallest absolute Gasteiger partial charge is 0.246 e. The van der Waals surface area contributed by atoms with E-state index in [1.165, 1.54) is 0 Å². The Balaban J connectivity index is 2.10. The van der Waals surface area contributed by atoms with Gasteiger partial charge in [0.1, 0.15) is 6.10 Å². The van der Waals surface area contributed by atoms with Crippen molar-refractivity contribution >= 4 is 0 Å². The zero-order valence-electron chi connectivity index (χ0n) is 11.6. The van der Waals surface area contributed by atoms with Crippen molar-refractivity contribution in [3.05, 3.63) is 11.7 Å². The summed E-state index contributed by atoms with van der Waals surface area (Å²) in [5, 5.41) is 7.36. The number of aromatic nitrogens is 2. The summed E-state index contributed by atoms with van der Waals surface area (Å²) < 4.78 is 11.0.